The number of rotatable bonds is 9. The highest BCUT2D eigenvalue weighted by Crippen LogP contribution is 2.11. The number of nitrogens with two attached hydrogens (primary N) is 1. The fourth-order valence-corrected chi connectivity index (χ4v) is 2.63. The molecule has 0 unspecified atom stereocenters. The molecule has 1 aromatic carbocycles. The van der Waals surface area contributed by atoms with Gasteiger partial charge in [-0.15, -0.1) is 0 Å². The van der Waals surface area contributed by atoms with E-state index in [1.165, 1.54) is 23.0 Å². The van der Waals surface area contributed by atoms with Crippen LogP contribution in [0.4, 0.5) is 5.69 Å². The van der Waals surface area contributed by atoms with Crippen molar-refractivity contribution in [3.8, 4) is 5.69 Å². The van der Waals surface area contributed by atoms with Crippen LogP contribution in [-0.4, -0.2) is 38.6 Å². The van der Waals surface area contributed by atoms with Crippen molar-refractivity contribution in [2.24, 2.45) is 0 Å². The summed E-state index contributed by atoms with van der Waals surface area (Å²) in [6, 6.07) is 7.79. The summed E-state index contributed by atoms with van der Waals surface area (Å²) in [6.45, 7) is 4.03. The largest absolute Gasteiger partial charge is 0.399 e. The van der Waals surface area contributed by atoms with E-state index in [1.807, 2.05) is 0 Å². The number of benzene rings is 1. The molecule has 3 aromatic rings. The fourth-order valence-electron chi connectivity index (χ4n) is 2.63. The van der Waals surface area contributed by atoms with Gasteiger partial charge in [-0.05, 0) is 18.6 Å². The molecule has 0 aliphatic carbocycles. The number of ether oxygens (including phenoxy) is 1. The lowest BCUT2D eigenvalue weighted by atomic mass is 10.1. The highest BCUT2D eigenvalue weighted by atomic mass is 16.5. The van der Waals surface area contributed by atoms with Gasteiger partial charge in [0.15, 0.2) is 5.69 Å². The van der Waals surface area contributed by atoms with Gasteiger partial charge in [0.1, 0.15) is 5.69 Å². The lowest BCUT2D eigenvalue weighted by Crippen LogP contribution is -2.21. The molecule has 0 aliphatic heterocycles. The Morgan fingerprint density at radius 3 is 2.89 bits per heavy atom. The number of nitrogens with zero attached hydrogens (tertiary/aromatic N) is 4. The van der Waals surface area contributed by atoms with Gasteiger partial charge in [0.25, 0.3) is 0 Å². The Bertz CT molecular complexity index is 1010. The van der Waals surface area contributed by atoms with E-state index in [9.17, 15) is 9.59 Å². The average Bonchev–Trinajstić information content (AvgIpc) is 3.16. The zero-order valence-corrected chi connectivity index (χ0v) is 15.7. The highest BCUT2D eigenvalue weighted by molar-refractivity contribution is 6.07. The Kier molecular flexibility index (Phi) is 6.33. The van der Waals surface area contributed by atoms with Crippen molar-refractivity contribution in [3.05, 3.63) is 70.4 Å². The molecule has 2 aromatic heterocycles. The second-order valence-corrected chi connectivity index (χ2v) is 6.36. The van der Waals surface area contributed by atoms with Crippen LogP contribution in [0.5, 0.6) is 0 Å². The summed E-state index contributed by atoms with van der Waals surface area (Å²) in [6.07, 6.45) is 7.06. The predicted octanol–water partition coefficient (Wildman–Crippen LogP) is 2.06. The van der Waals surface area contributed by atoms with Crippen LogP contribution in [0.15, 0.2) is 53.7 Å². The average molecular weight is 381 g/mol. The number of nitrogen functional groups attached to an aromatic ring is 1. The highest BCUT2D eigenvalue weighted by Gasteiger charge is 2.16. The van der Waals surface area contributed by atoms with Crippen LogP contribution < -0.4 is 11.2 Å². The van der Waals surface area contributed by atoms with Crippen LogP contribution in [-0.2, 0) is 11.3 Å². The van der Waals surface area contributed by atoms with E-state index in [0.717, 1.165) is 19.4 Å². The summed E-state index contributed by atoms with van der Waals surface area (Å²) in [5, 5.41) is 8.49. The molecular weight excluding hydrogens is 358 g/mol. The predicted molar refractivity (Wildman–Crippen MR) is 106 cm³/mol. The maximum atomic E-state index is 12.7. The number of ketones is 1. The Morgan fingerprint density at radius 2 is 2.11 bits per heavy atom. The molecule has 0 spiro atoms. The van der Waals surface area contributed by atoms with Gasteiger partial charge in [0, 0.05) is 30.1 Å². The Hall–Kier alpha value is -3.26. The lowest BCUT2D eigenvalue weighted by Gasteiger charge is -2.05. The molecule has 8 nitrogen and oxygen atoms in total. The number of carbonyl (C=O) groups excluding carboxylic acids is 1. The number of hydrogen-bond acceptors (Lipinski definition) is 6. The third-order valence-electron chi connectivity index (χ3n) is 4.16. The lowest BCUT2D eigenvalue weighted by molar-refractivity contribution is 0.103. The van der Waals surface area contributed by atoms with Crippen LogP contribution in [0.25, 0.3) is 5.69 Å². The molecule has 0 aliphatic rings. The van der Waals surface area contributed by atoms with Gasteiger partial charge in [-0.25, -0.2) is 4.68 Å². The van der Waals surface area contributed by atoms with Crippen molar-refractivity contribution >= 4 is 11.5 Å². The normalized spacial score (nSPS) is 10.9. The standard InChI is InChI=1S/C20H23N5O3/c1-2-3-10-28-11-9-24-14-17(13-22-24)25-8-7-18(26)19(23-25)20(27)15-5-4-6-16(21)12-15/h4-8,12-14H,2-3,9-11,21H2,1H3. The molecule has 0 saturated heterocycles. The van der Waals surface area contributed by atoms with E-state index in [-0.39, 0.29) is 5.69 Å². The van der Waals surface area contributed by atoms with Gasteiger partial charge in [-0.2, -0.15) is 10.2 Å². The molecular formula is C20H23N5O3. The molecule has 28 heavy (non-hydrogen) atoms. The summed E-state index contributed by atoms with van der Waals surface area (Å²) in [5.74, 6) is -0.469. The summed E-state index contributed by atoms with van der Waals surface area (Å²) < 4.78 is 8.74. The molecule has 2 heterocycles. The molecule has 146 valence electrons. The monoisotopic (exact) mass is 381 g/mol. The topological polar surface area (TPSA) is 105 Å². The van der Waals surface area contributed by atoms with Crippen molar-refractivity contribution in [2.75, 3.05) is 18.9 Å². The van der Waals surface area contributed by atoms with Gasteiger partial charge in [0.05, 0.1) is 25.5 Å². The van der Waals surface area contributed by atoms with Gasteiger partial charge >= 0.3 is 0 Å². The smallest absolute Gasteiger partial charge is 0.217 e. The molecule has 2 N–H and O–H groups in total. The summed E-state index contributed by atoms with van der Waals surface area (Å²) in [7, 11) is 0. The van der Waals surface area contributed by atoms with Crippen molar-refractivity contribution in [3.63, 3.8) is 0 Å². The molecule has 8 heteroatoms. The first-order chi connectivity index (χ1) is 13.6. The van der Waals surface area contributed by atoms with Crippen molar-refractivity contribution in [1.29, 1.82) is 0 Å². The third-order valence-corrected chi connectivity index (χ3v) is 4.16. The van der Waals surface area contributed by atoms with E-state index in [1.54, 1.807) is 35.3 Å². The minimum atomic E-state index is -0.469. The maximum absolute atomic E-state index is 12.7. The van der Waals surface area contributed by atoms with E-state index >= 15 is 0 Å². The van der Waals surface area contributed by atoms with Gasteiger partial charge in [0.2, 0.25) is 11.2 Å². The Balaban J connectivity index is 1.76. The fraction of sp³-hybridized carbons (Fsp3) is 0.300. The first-order valence-electron chi connectivity index (χ1n) is 9.19. The van der Waals surface area contributed by atoms with E-state index < -0.39 is 11.2 Å². The summed E-state index contributed by atoms with van der Waals surface area (Å²) in [4.78, 5) is 24.8. The molecule has 0 atom stereocenters. The van der Waals surface area contributed by atoms with Crippen molar-refractivity contribution in [2.45, 2.75) is 26.3 Å². The summed E-state index contributed by atoms with van der Waals surface area (Å²) >= 11 is 0. The second-order valence-electron chi connectivity index (χ2n) is 6.36. The van der Waals surface area contributed by atoms with E-state index in [4.69, 9.17) is 10.5 Å². The quantitative estimate of drug-likeness (QED) is 0.346. The van der Waals surface area contributed by atoms with Crippen LogP contribution in [0.2, 0.25) is 0 Å². The SMILES string of the molecule is CCCCOCCn1cc(-n2ccc(=O)c(C(=O)c3cccc(N)c3)n2)cn1. The zero-order valence-electron chi connectivity index (χ0n) is 15.7. The molecule has 0 amide bonds. The molecule has 0 saturated carbocycles. The number of aromatic nitrogens is 4. The third kappa shape index (κ3) is 4.72. The Labute approximate surface area is 162 Å². The molecule has 3 rings (SSSR count). The van der Waals surface area contributed by atoms with Crippen molar-refractivity contribution in [1.82, 2.24) is 19.6 Å². The van der Waals surface area contributed by atoms with Gasteiger partial charge in [-0.3, -0.25) is 14.3 Å². The second kappa shape index (κ2) is 9.09. The van der Waals surface area contributed by atoms with Crippen LogP contribution in [0, 0.1) is 0 Å². The van der Waals surface area contributed by atoms with Crippen LogP contribution >= 0.6 is 0 Å². The van der Waals surface area contributed by atoms with Gasteiger partial charge in [-0.1, -0.05) is 25.5 Å². The number of anilines is 1. The van der Waals surface area contributed by atoms with Crippen molar-refractivity contribution < 1.29 is 9.53 Å². The van der Waals surface area contributed by atoms with Crippen LogP contribution in [0.3, 0.4) is 0 Å². The number of hydrogen-bond donors (Lipinski definition) is 1. The first kappa shape index (κ1) is 19.5. The minimum Gasteiger partial charge on any atom is -0.399 e. The van der Waals surface area contributed by atoms with Gasteiger partial charge < -0.3 is 10.5 Å². The maximum Gasteiger partial charge on any atom is 0.217 e. The molecule has 0 bridgehead atoms. The van der Waals surface area contributed by atoms with E-state index in [2.05, 4.69) is 17.1 Å². The van der Waals surface area contributed by atoms with E-state index in [0.29, 0.717) is 30.1 Å². The van der Waals surface area contributed by atoms with Crippen LogP contribution in [0.1, 0.15) is 35.8 Å². The molecule has 0 radical (unpaired) electrons. The number of unbranched alkanes of at least 4 members (excludes halogenated alkanes) is 1. The first-order valence-corrected chi connectivity index (χ1v) is 9.19. The number of carbonyl (C=O) groups is 1. The zero-order chi connectivity index (χ0) is 19.9. The minimum absolute atomic E-state index is 0.163. The molecule has 0 fully saturated rings. The summed E-state index contributed by atoms with van der Waals surface area (Å²) in [5.41, 5.74) is 6.54. The Morgan fingerprint density at radius 1 is 1.25 bits per heavy atom.